The zero-order chi connectivity index (χ0) is 23.8. The van der Waals surface area contributed by atoms with Gasteiger partial charge in [0, 0.05) is 47.9 Å². The summed E-state index contributed by atoms with van der Waals surface area (Å²) in [5.41, 5.74) is 2.76. The average Bonchev–Trinajstić information content (AvgIpc) is 3.20. The Morgan fingerprint density at radius 3 is 2.35 bits per heavy atom. The van der Waals surface area contributed by atoms with Crippen molar-refractivity contribution in [2.45, 2.75) is 19.9 Å². The number of carbonyl (C=O) groups is 1. The van der Waals surface area contributed by atoms with Crippen LogP contribution in [0.15, 0.2) is 59.0 Å². The smallest absolute Gasteiger partial charge is 0.342 e. The van der Waals surface area contributed by atoms with Crippen LogP contribution in [0, 0.1) is 6.92 Å². The first-order valence-corrected chi connectivity index (χ1v) is 11.8. The molecule has 0 aliphatic carbocycles. The monoisotopic (exact) mass is 458 g/mol. The predicted molar refractivity (Wildman–Crippen MR) is 133 cm³/mol. The topological polar surface area (TPSA) is 66.2 Å². The lowest BCUT2D eigenvalue weighted by Gasteiger charge is -2.39. The second-order valence-electron chi connectivity index (χ2n) is 8.92. The Balaban J connectivity index is 1.87. The number of carbonyl (C=O) groups excluding carboxylic acids is 1. The molecule has 1 saturated heterocycles. The number of aromatic hydroxyl groups is 1. The highest BCUT2D eigenvalue weighted by Gasteiger charge is 2.34. The first kappa shape index (κ1) is 22.4. The van der Waals surface area contributed by atoms with E-state index in [-0.39, 0.29) is 18.4 Å². The summed E-state index contributed by atoms with van der Waals surface area (Å²) in [4.78, 5) is 17.8. The van der Waals surface area contributed by atoms with Gasteiger partial charge in [0.2, 0.25) is 0 Å². The number of phenolic OH excluding ortho intramolecular Hbond substituents is 1. The molecular weight excluding hydrogens is 428 g/mol. The van der Waals surface area contributed by atoms with E-state index in [9.17, 15) is 9.90 Å². The van der Waals surface area contributed by atoms with Gasteiger partial charge < -0.3 is 19.2 Å². The molecule has 1 aliphatic rings. The Bertz CT molecular complexity index is 1340. The van der Waals surface area contributed by atoms with Crippen molar-refractivity contribution in [3.63, 3.8) is 0 Å². The molecule has 6 nitrogen and oxygen atoms in total. The van der Waals surface area contributed by atoms with E-state index in [1.165, 1.54) is 0 Å². The maximum atomic E-state index is 13.1. The molecule has 1 fully saturated rings. The lowest BCUT2D eigenvalue weighted by molar-refractivity contribution is 0.0526. The van der Waals surface area contributed by atoms with Crippen molar-refractivity contribution in [1.29, 1.82) is 0 Å². The Hall–Kier alpha value is -3.35. The van der Waals surface area contributed by atoms with Crippen molar-refractivity contribution in [2.75, 3.05) is 39.8 Å². The van der Waals surface area contributed by atoms with E-state index in [1.807, 2.05) is 42.5 Å². The molecule has 6 heteroatoms. The highest BCUT2D eigenvalue weighted by atomic mass is 16.5. The van der Waals surface area contributed by atoms with Gasteiger partial charge in [-0.2, -0.15) is 0 Å². The summed E-state index contributed by atoms with van der Waals surface area (Å²) >= 11 is 0. The zero-order valence-electron chi connectivity index (χ0n) is 19.9. The zero-order valence-corrected chi connectivity index (χ0v) is 19.9. The third-order valence-corrected chi connectivity index (χ3v) is 6.81. The summed E-state index contributed by atoms with van der Waals surface area (Å²) in [5, 5.41) is 13.9. The number of nitrogens with zero attached hydrogens (tertiary/aromatic N) is 2. The molecule has 176 valence electrons. The van der Waals surface area contributed by atoms with Gasteiger partial charge in [-0.25, -0.2) is 4.79 Å². The van der Waals surface area contributed by atoms with E-state index in [4.69, 9.17) is 9.15 Å². The fraction of sp³-hybridized carbons (Fsp3) is 0.321. The minimum atomic E-state index is -0.431. The van der Waals surface area contributed by atoms with E-state index in [1.54, 1.807) is 13.8 Å². The van der Waals surface area contributed by atoms with Crippen LogP contribution in [-0.2, 0) is 4.74 Å². The Kier molecular flexibility index (Phi) is 6.02. The van der Waals surface area contributed by atoms with Crippen LogP contribution < -0.4 is 0 Å². The molecule has 1 atom stereocenters. The minimum absolute atomic E-state index is 0.183. The molecule has 3 aromatic carbocycles. The molecule has 0 unspecified atom stereocenters. The van der Waals surface area contributed by atoms with Gasteiger partial charge in [0.05, 0.1) is 12.6 Å². The fourth-order valence-electron chi connectivity index (χ4n) is 5.13. The molecule has 1 aliphatic heterocycles. The lowest BCUT2D eigenvalue weighted by Crippen LogP contribution is -2.46. The van der Waals surface area contributed by atoms with Crippen molar-refractivity contribution in [3.8, 4) is 5.75 Å². The van der Waals surface area contributed by atoms with E-state index in [0.29, 0.717) is 33.2 Å². The summed E-state index contributed by atoms with van der Waals surface area (Å²) in [5.74, 6) is 0.248. The van der Waals surface area contributed by atoms with Crippen LogP contribution >= 0.6 is 0 Å². The van der Waals surface area contributed by atoms with Crippen molar-refractivity contribution >= 4 is 27.7 Å². The number of aryl methyl sites for hydroxylation is 1. The number of rotatable bonds is 5. The summed E-state index contributed by atoms with van der Waals surface area (Å²) < 4.78 is 11.7. The number of ether oxygens (including phenoxy) is 1. The van der Waals surface area contributed by atoms with Crippen molar-refractivity contribution in [2.24, 2.45) is 0 Å². The fourth-order valence-corrected chi connectivity index (χ4v) is 5.13. The van der Waals surface area contributed by atoms with E-state index < -0.39 is 5.97 Å². The molecule has 34 heavy (non-hydrogen) atoms. The minimum Gasteiger partial charge on any atom is -0.507 e. The Labute approximate surface area is 199 Å². The SMILES string of the molecule is CCOC(=O)c1c(C)oc2c1c([C@@H](c1ccccc1)N1CCN(C)CC1)c(O)c1ccccc12. The van der Waals surface area contributed by atoms with Gasteiger partial charge in [0.1, 0.15) is 22.7 Å². The van der Waals surface area contributed by atoms with Crippen LogP contribution in [0.3, 0.4) is 0 Å². The molecule has 0 saturated carbocycles. The van der Waals surface area contributed by atoms with Crippen LogP contribution in [0.1, 0.15) is 40.2 Å². The molecular formula is C28H30N2O4. The van der Waals surface area contributed by atoms with Crippen molar-refractivity contribution in [3.05, 3.63) is 77.0 Å². The summed E-state index contributed by atoms with van der Waals surface area (Å²) in [6.07, 6.45) is 0. The number of piperazine rings is 1. The van der Waals surface area contributed by atoms with Crippen molar-refractivity contribution in [1.82, 2.24) is 9.80 Å². The number of furan rings is 1. The van der Waals surface area contributed by atoms with Gasteiger partial charge in [0.15, 0.2) is 0 Å². The highest BCUT2D eigenvalue weighted by Crippen LogP contribution is 2.47. The molecule has 2 heterocycles. The Morgan fingerprint density at radius 2 is 1.68 bits per heavy atom. The van der Waals surface area contributed by atoms with Crippen LogP contribution in [-0.4, -0.2) is 60.7 Å². The van der Waals surface area contributed by atoms with Gasteiger partial charge >= 0.3 is 5.97 Å². The molecule has 0 bridgehead atoms. The first-order chi connectivity index (χ1) is 16.5. The van der Waals surface area contributed by atoms with Gasteiger partial charge in [-0.05, 0) is 26.5 Å². The van der Waals surface area contributed by atoms with Crippen LogP contribution in [0.5, 0.6) is 5.75 Å². The first-order valence-electron chi connectivity index (χ1n) is 11.8. The summed E-state index contributed by atoms with van der Waals surface area (Å²) in [7, 11) is 2.12. The number of benzene rings is 3. The maximum Gasteiger partial charge on any atom is 0.342 e. The molecule has 0 radical (unpaired) electrons. The normalized spacial score (nSPS) is 16.2. The quantitative estimate of drug-likeness (QED) is 0.419. The standard InChI is InChI=1S/C28H30N2O4/c1-4-33-28(32)22-18(2)34-27-21-13-9-8-12-20(21)26(31)24(23(22)27)25(19-10-6-5-7-11-19)30-16-14-29(3)15-17-30/h5-13,25,31H,4,14-17H2,1-3H3/t25-/m1/s1. The number of esters is 1. The van der Waals surface area contributed by atoms with Gasteiger partial charge in [-0.15, -0.1) is 0 Å². The number of fused-ring (bicyclic) bond motifs is 3. The van der Waals surface area contributed by atoms with Crippen LogP contribution in [0.4, 0.5) is 0 Å². The van der Waals surface area contributed by atoms with Gasteiger partial charge in [0.25, 0.3) is 0 Å². The largest absolute Gasteiger partial charge is 0.507 e. The van der Waals surface area contributed by atoms with E-state index >= 15 is 0 Å². The third-order valence-electron chi connectivity index (χ3n) is 6.81. The van der Waals surface area contributed by atoms with Gasteiger partial charge in [-0.3, -0.25) is 4.90 Å². The molecule has 5 rings (SSSR count). The highest BCUT2D eigenvalue weighted by molar-refractivity contribution is 6.16. The number of hydrogen-bond donors (Lipinski definition) is 1. The van der Waals surface area contributed by atoms with E-state index in [0.717, 1.165) is 37.1 Å². The van der Waals surface area contributed by atoms with E-state index in [2.05, 4.69) is 29.0 Å². The van der Waals surface area contributed by atoms with Crippen LogP contribution in [0.2, 0.25) is 0 Å². The molecule has 1 N–H and O–H groups in total. The van der Waals surface area contributed by atoms with Gasteiger partial charge in [-0.1, -0.05) is 54.6 Å². The van der Waals surface area contributed by atoms with Crippen LogP contribution in [0.25, 0.3) is 21.7 Å². The number of hydrogen-bond acceptors (Lipinski definition) is 6. The second-order valence-corrected chi connectivity index (χ2v) is 8.92. The lowest BCUT2D eigenvalue weighted by atomic mass is 9.88. The molecule has 0 spiro atoms. The molecule has 4 aromatic rings. The maximum absolute atomic E-state index is 13.1. The number of likely N-dealkylation sites (N-methyl/N-ethyl adjacent to an activating group) is 1. The van der Waals surface area contributed by atoms with Crippen molar-refractivity contribution < 1.29 is 19.1 Å². The third kappa shape index (κ3) is 3.73. The Morgan fingerprint density at radius 1 is 1.03 bits per heavy atom. The second kappa shape index (κ2) is 9.12. The molecule has 1 aromatic heterocycles. The molecule has 0 amide bonds. The number of phenols is 1. The average molecular weight is 459 g/mol. The summed E-state index contributed by atoms with van der Waals surface area (Å²) in [6.45, 7) is 7.38. The predicted octanol–water partition coefficient (Wildman–Crippen LogP) is 5.11. The summed E-state index contributed by atoms with van der Waals surface area (Å²) in [6, 6.07) is 17.6.